The summed E-state index contributed by atoms with van der Waals surface area (Å²) in [6.07, 6.45) is 0. The van der Waals surface area contributed by atoms with Crippen molar-refractivity contribution in [3.63, 3.8) is 0 Å². The van der Waals surface area contributed by atoms with E-state index in [9.17, 15) is 9.18 Å². The first kappa shape index (κ1) is 18.5. The van der Waals surface area contributed by atoms with Gasteiger partial charge in [-0.15, -0.1) is 0 Å². The van der Waals surface area contributed by atoms with Crippen molar-refractivity contribution in [2.24, 2.45) is 0 Å². The Bertz CT molecular complexity index is 892. The lowest BCUT2D eigenvalue weighted by Crippen LogP contribution is -2.22. The maximum Gasteiger partial charge on any atom is 0.251 e. The van der Waals surface area contributed by atoms with Gasteiger partial charge in [-0.2, -0.15) is 0 Å². The Labute approximate surface area is 157 Å². The van der Waals surface area contributed by atoms with Crippen LogP contribution in [0.1, 0.15) is 21.5 Å². The Morgan fingerprint density at radius 1 is 0.926 bits per heavy atom. The van der Waals surface area contributed by atoms with Crippen molar-refractivity contribution in [3.05, 3.63) is 95.3 Å². The van der Waals surface area contributed by atoms with E-state index in [1.807, 2.05) is 24.3 Å². The molecule has 0 spiro atoms. The summed E-state index contributed by atoms with van der Waals surface area (Å²) in [5.41, 5.74) is 2.40. The van der Waals surface area contributed by atoms with Crippen molar-refractivity contribution in [1.29, 1.82) is 0 Å². The summed E-state index contributed by atoms with van der Waals surface area (Å²) < 4.78 is 23.7. The van der Waals surface area contributed by atoms with Crippen molar-refractivity contribution in [1.82, 2.24) is 5.32 Å². The molecule has 27 heavy (non-hydrogen) atoms. The summed E-state index contributed by atoms with van der Waals surface area (Å²) in [4.78, 5) is 12.2. The Balaban J connectivity index is 1.51. The number of rotatable bonds is 7. The highest BCUT2D eigenvalue weighted by Crippen LogP contribution is 2.15. The highest BCUT2D eigenvalue weighted by Gasteiger charge is 2.06. The van der Waals surface area contributed by atoms with Gasteiger partial charge in [-0.3, -0.25) is 4.79 Å². The van der Waals surface area contributed by atoms with Crippen LogP contribution < -0.4 is 14.8 Å². The molecule has 0 saturated heterocycles. The predicted octanol–water partition coefficient (Wildman–Crippen LogP) is 4.34. The number of methoxy groups -OCH3 is 1. The minimum Gasteiger partial charge on any atom is -0.497 e. The standard InChI is InChI=1S/C22H20FNO3/c1-26-21-4-2-3-18(13-21)22(25)24-14-16-7-11-20(12-8-16)27-15-17-5-9-19(23)10-6-17/h2-13H,14-15H2,1H3,(H,24,25). The number of hydrogen-bond acceptors (Lipinski definition) is 3. The zero-order chi connectivity index (χ0) is 19.1. The first-order chi connectivity index (χ1) is 13.1. The fourth-order valence-corrected chi connectivity index (χ4v) is 2.50. The minimum atomic E-state index is -0.265. The van der Waals surface area contributed by atoms with Gasteiger partial charge in [0.25, 0.3) is 5.91 Å². The number of carbonyl (C=O) groups excluding carboxylic acids is 1. The number of amides is 1. The lowest BCUT2D eigenvalue weighted by Gasteiger charge is -2.09. The molecule has 0 aliphatic heterocycles. The molecule has 0 heterocycles. The van der Waals surface area contributed by atoms with Crippen LogP contribution in [0.2, 0.25) is 0 Å². The van der Waals surface area contributed by atoms with Crippen molar-refractivity contribution < 1.29 is 18.7 Å². The summed E-state index contributed by atoms with van der Waals surface area (Å²) in [6.45, 7) is 0.778. The number of benzene rings is 3. The summed E-state index contributed by atoms with van der Waals surface area (Å²) in [6, 6.07) is 20.7. The first-order valence-electron chi connectivity index (χ1n) is 8.52. The largest absolute Gasteiger partial charge is 0.497 e. The predicted molar refractivity (Wildman–Crippen MR) is 101 cm³/mol. The topological polar surface area (TPSA) is 47.6 Å². The van der Waals surface area contributed by atoms with Crippen LogP contribution >= 0.6 is 0 Å². The molecule has 3 aromatic carbocycles. The normalized spacial score (nSPS) is 10.3. The average Bonchev–Trinajstić information content (AvgIpc) is 2.72. The molecule has 0 bridgehead atoms. The van der Waals surface area contributed by atoms with Crippen molar-refractivity contribution in [2.45, 2.75) is 13.2 Å². The fraction of sp³-hybridized carbons (Fsp3) is 0.136. The van der Waals surface area contributed by atoms with E-state index in [4.69, 9.17) is 9.47 Å². The molecule has 3 rings (SSSR count). The van der Waals surface area contributed by atoms with Crippen molar-refractivity contribution in [2.75, 3.05) is 7.11 Å². The molecular formula is C22H20FNO3. The number of nitrogens with one attached hydrogen (secondary N) is 1. The molecule has 0 aliphatic carbocycles. The molecule has 0 fully saturated rings. The second-order valence-electron chi connectivity index (χ2n) is 5.97. The summed E-state index contributed by atoms with van der Waals surface area (Å²) in [5.74, 6) is 0.928. The Morgan fingerprint density at radius 3 is 2.33 bits per heavy atom. The minimum absolute atomic E-state index is 0.162. The van der Waals surface area contributed by atoms with E-state index in [0.29, 0.717) is 30.2 Å². The van der Waals surface area contributed by atoms with E-state index in [-0.39, 0.29) is 11.7 Å². The fourth-order valence-electron chi connectivity index (χ4n) is 2.50. The Hall–Kier alpha value is -3.34. The molecular weight excluding hydrogens is 345 g/mol. The van der Waals surface area contributed by atoms with Gasteiger partial charge >= 0.3 is 0 Å². The van der Waals surface area contributed by atoms with E-state index in [2.05, 4.69) is 5.32 Å². The molecule has 1 amide bonds. The zero-order valence-electron chi connectivity index (χ0n) is 14.9. The van der Waals surface area contributed by atoms with Gasteiger partial charge in [0, 0.05) is 12.1 Å². The number of halogens is 1. The highest BCUT2D eigenvalue weighted by atomic mass is 19.1. The van der Waals surface area contributed by atoms with Crippen molar-refractivity contribution in [3.8, 4) is 11.5 Å². The first-order valence-corrected chi connectivity index (χ1v) is 8.52. The number of carbonyl (C=O) groups is 1. The van der Waals surface area contributed by atoms with Gasteiger partial charge in [-0.25, -0.2) is 4.39 Å². The SMILES string of the molecule is COc1cccc(C(=O)NCc2ccc(OCc3ccc(F)cc3)cc2)c1. The van der Waals surface area contributed by atoms with Crippen molar-refractivity contribution >= 4 is 5.91 Å². The summed E-state index contributed by atoms with van der Waals surface area (Å²) in [7, 11) is 1.57. The molecule has 4 nitrogen and oxygen atoms in total. The monoisotopic (exact) mass is 365 g/mol. The van der Waals surface area contributed by atoms with E-state index < -0.39 is 0 Å². The van der Waals surface area contributed by atoms with Crippen LogP contribution in [-0.4, -0.2) is 13.0 Å². The third kappa shape index (κ3) is 5.31. The molecule has 0 aliphatic rings. The van der Waals surface area contributed by atoms with Gasteiger partial charge in [0.15, 0.2) is 0 Å². The molecule has 0 saturated carbocycles. The third-order valence-electron chi connectivity index (χ3n) is 4.03. The van der Waals surface area contributed by atoms with E-state index in [0.717, 1.165) is 11.1 Å². The van der Waals surface area contributed by atoms with Crippen LogP contribution in [0.25, 0.3) is 0 Å². The summed E-state index contributed by atoms with van der Waals surface area (Å²) in [5, 5.41) is 2.88. The molecule has 0 aromatic heterocycles. The highest BCUT2D eigenvalue weighted by molar-refractivity contribution is 5.94. The van der Waals surface area contributed by atoms with Crippen LogP contribution in [-0.2, 0) is 13.2 Å². The zero-order valence-corrected chi connectivity index (χ0v) is 14.9. The van der Waals surface area contributed by atoms with E-state index in [1.54, 1.807) is 43.5 Å². The van der Waals surface area contributed by atoms with Crippen LogP contribution in [0.3, 0.4) is 0 Å². The van der Waals surface area contributed by atoms with Gasteiger partial charge in [-0.05, 0) is 53.6 Å². The van der Waals surface area contributed by atoms with E-state index in [1.165, 1.54) is 12.1 Å². The lowest BCUT2D eigenvalue weighted by molar-refractivity contribution is 0.0950. The second kappa shape index (κ2) is 8.85. The van der Waals surface area contributed by atoms with Crippen LogP contribution in [0.4, 0.5) is 4.39 Å². The molecule has 0 atom stereocenters. The summed E-state index contributed by atoms with van der Waals surface area (Å²) >= 11 is 0. The number of ether oxygens (including phenoxy) is 2. The van der Waals surface area contributed by atoms with Gasteiger partial charge < -0.3 is 14.8 Å². The van der Waals surface area contributed by atoms with Crippen LogP contribution in [0.15, 0.2) is 72.8 Å². The molecule has 0 radical (unpaired) electrons. The van der Waals surface area contributed by atoms with Gasteiger partial charge in [0.1, 0.15) is 23.9 Å². The van der Waals surface area contributed by atoms with Crippen LogP contribution in [0.5, 0.6) is 11.5 Å². The molecule has 0 unspecified atom stereocenters. The van der Waals surface area contributed by atoms with Gasteiger partial charge in [-0.1, -0.05) is 30.3 Å². The second-order valence-corrected chi connectivity index (χ2v) is 5.97. The van der Waals surface area contributed by atoms with Crippen LogP contribution in [0, 0.1) is 5.82 Å². The third-order valence-corrected chi connectivity index (χ3v) is 4.03. The molecule has 138 valence electrons. The average molecular weight is 365 g/mol. The maximum atomic E-state index is 12.9. The molecule has 1 N–H and O–H groups in total. The Kier molecular flexibility index (Phi) is 6.05. The van der Waals surface area contributed by atoms with Gasteiger partial charge in [0.2, 0.25) is 0 Å². The molecule has 3 aromatic rings. The lowest BCUT2D eigenvalue weighted by atomic mass is 10.2. The quantitative estimate of drug-likeness (QED) is 0.677. The smallest absolute Gasteiger partial charge is 0.251 e. The molecule has 5 heteroatoms. The number of hydrogen-bond donors (Lipinski definition) is 1. The Morgan fingerprint density at radius 2 is 1.63 bits per heavy atom. The van der Waals surface area contributed by atoms with Gasteiger partial charge in [0.05, 0.1) is 7.11 Å². The van der Waals surface area contributed by atoms with E-state index >= 15 is 0 Å². The maximum absolute atomic E-state index is 12.9.